The first-order valence-electron chi connectivity index (χ1n) is 6.68. The third-order valence-electron chi connectivity index (χ3n) is 2.92. The molecule has 0 spiro atoms. The number of morpholine rings is 1. The molecule has 2 N–H and O–H groups in total. The first kappa shape index (κ1) is 15.6. The van der Waals surface area contributed by atoms with Crippen molar-refractivity contribution in [3.05, 3.63) is 34.9 Å². The Balaban J connectivity index is 1.58. The lowest BCUT2D eigenvalue weighted by atomic mass is 10.2. The smallest absolute Gasteiger partial charge is 0.250 e. The van der Waals surface area contributed by atoms with Crippen LogP contribution in [0.2, 0.25) is 5.02 Å². The molecule has 6 heteroatoms. The fourth-order valence-electron chi connectivity index (χ4n) is 1.91. The molecule has 4 nitrogen and oxygen atoms in total. The minimum absolute atomic E-state index is 0.0273. The van der Waals surface area contributed by atoms with Crippen LogP contribution in [0.5, 0.6) is 0 Å². The van der Waals surface area contributed by atoms with Gasteiger partial charge in [0.1, 0.15) is 6.10 Å². The highest BCUT2D eigenvalue weighted by Gasteiger charge is 2.20. The van der Waals surface area contributed by atoms with Crippen molar-refractivity contribution in [3.63, 3.8) is 0 Å². The molecule has 0 bridgehead atoms. The molecule has 1 aromatic carbocycles. The molecule has 1 fully saturated rings. The molecule has 0 saturated carbocycles. The van der Waals surface area contributed by atoms with Gasteiger partial charge in [0, 0.05) is 36.2 Å². The van der Waals surface area contributed by atoms with E-state index in [-0.39, 0.29) is 12.0 Å². The standard InChI is InChI=1S/C14H19ClN2O2S/c15-12-3-1-2-11(8-12)10-20-7-5-17-14(18)13-9-16-4-6-19-13/h1-3,8,13,16H,4-7,9-10H2,(H,17,18)/t13-/m0/s1. The zero-order chi connectivity index (χ0) is 14.2. The van der Waals surface area contributed by atoms with Gasteiger partial charge in [-0.05, 0) is 17.7 Å². The van der Waals surface area contributed by atoms with Gasteiger partial charge >= 0.3 is 0 Å². The van der Waals surface area contributed by atoms with Gasteiger partial charge in [0.25, 0.3) is 0 Å². The second-order valence-electron chi connectivity index (χ2n) is 4.54. The van der Waals surface area contributed by atoms with Crippen molar-refractivity contribution in [2.24, 2.45) is 0 Å². The zero-order valence-electron chi connectivity index (χ0n) is 11.2. The predicted octanol–water partition coefficient (Wildman–Crippen LogP) is 1.68. The summed E-state index contributed by atoms with van der Waals surface area (Å²) in [5.74, 6) is 1.75. The van der Waals surface area contributed by atoms with Gasteiger partial charge in [0.15, 0.2) is 0 Å². The number of amides is 1. The summed E-state index contributed by atoms with van der Waals surface area (Å²) in [7, 11) is 0. The molecule has 1 amide bonds. The number of nitrogens with one attached hydrogen (secondary N) is 2. The van der Waals surface area contributed by atoms with Crippen molar-refractivity contribution < 1.29 is 9.53 Å². The number of hydrogen-bond donors (Lipinski definition) is 2. The summed E-state index contributed by atoms with van der Waals surface area (Å²) < 4.78 is 5.38. The van der Waals surface area contributed by atoms with Crippen LogP contribution in [-0.2, 0) is 15.3 Å². The van der Waals surface area contributed by atoms with Crippen LogP contribution < -0.4 is 10.6 Å². The van der Waals surface area contributed by atoms with Crippen LogP contribution in [0.4, 0.5) is 0 Å². The fraction of sp³-hybridized carbons (Fsp3) is 0.500. The van der Waals surface area contributed by atoms with E-state index in [1.54, 1.807) is 11.8 Å². The molecule has 2 rings (SSSR count). The molecule has 110 valence electrons. The van der Waals surface area contributed by atoms with Crippen molar-refractivity contribution in [2.45, 2.75) is 11.9 Å². The molecule has 1 saturated heterocycles. The summed E-state index contributed by atoms with van der Waals surface area (Å²) in [5.41, 5.74) is 1.20. The van der Waals surface area contributed by atoms with Gasteiger partial charge in [-0.15, -0.1) is 0 Å². The Morgan fingerprint density at radius 3 is 3.20 bits per heavy atom. The van der Waals surface area contributed by atoms with Crippen LogP contribution in [0, 0.1) is 0 Å². The highest BCUT2D eigenvalue weighted by atomic mass is 35.5. The van der Waals surface area contributed by atoms with E-state index in [4.69, 9.17) is 16.3 Å². The molecule has 1 aliphatic rings. The molecule has 0 unspecified atom stereocenters. The Kier molecular flexibility index (Phi) is 6.66. The summed E-state index contributed by atoms with van der Waals surface area (Å²) in [4.78, 5) is 11.8. The lowest BCUT2D eigenvalue weighted by Gasteiger charge is -2.22. The summed E-state index contributed by atoms with van der Waals surface area (Å²) in [6, 6.07) is 7.84. The van der Waals surface area contributed by atoms with Crippen molar-refractivity contribution >= 4 is 29.3 Å². The molecule has 1 aliphatic heterocycles. The molecule has 0 radical (unpaired) electrons. The van der Waals surface area contributed by atoms with Gasteiger partial charge in [0.2, 0.25) is 5.91 Å². The number of ether oxygens (including phenoxy) is 1. The highest BCUT2D eigenvalue weighted by Crippen LogP contribution is 2.16. The monoisotopic (exact) mass is 314 g/mol. The quantitative estimate of drug-likeness (QED) is 0.784. The van der Waals surface area contributed by atoms with Gasteiger partial charge in [-0.2, -0.15) is 11.8 Å². The first-order valence-corrected chi connectivity index (χ1v) is 8.21. The van der Waals surface area contributed by atoms with E-state index in [0.29, 0.717) is 19.7 Å². The molecule has 1 aromatic rings. The van der Waals surface area contributed by atoms with Gasteiger partial charge in [-0.25, -0.2) is 0 Å². The third-order valence-corrected chi connectivity index (χ3v) is 4.19. The maximum absolute atomic E-state index is 11.8. The van der Waals surface area contributed by atoms with E-state index in [9.17, 15) is 4.79 Å². The Hall–Kier alpha value is -0.750. The second kappa shape index (κ2) is 8.52. The number of rotatable bonds is 6. The van der Waals surface area contributed by atoms with E-state index < -0.39 is 0 Å². The van der Waals surface area contributed by atoms with Crippen LogP contribution in [0.15, 0.2) is 24.3 Å². The largest absolute Gasteiger partial charge is 0.366 e. The summed E-state index contributed by atoms with van der Waals surface area (Å²) in [5, 5.41) is 6.80. The maximum atomic E-state index is 11.8. The average Bonchev–Trinajstić information content (AvgIpc) is 2.48. The lowest BCUT2D eigenvalue weighted by Crippen LogP contribution is -2.48. The molecular formula is C14H19ClN2O2S. The molecule has 1 atom stereocenters. The zero-order valence-corrected chi connectivity index (χ0v) is 12.8. The fourth-order valence-corrected chi connectivity index (χ4v) is 2.93. The average molecular weight is 315 g/mol. The topological polar surface area (TPSA) is 50.4 Å². The number of carbonyl (C=O) groups excluding carboxylic acids is 1. The van der Waals surface area contributed by atoms with E-state index in [2.05, 4.69) is 16.7 Å². The molecular weight excluding hydrogens is 296 g/mol. The minimum atomic E-state index is -0.346. The third kappa shape index (κ3) is 5.32. The number of benzene rings is 1. The first-order chi connectivity index (χ1) is 9.75. The van der Waals surface area contributed by atoms with Crippen LogP contribution in [-0.4, -0.2) is 44.0 Å². The lowest BCUT2D eigenvalue weighted by molar-refractivity contribution is -0.134. The van der Waals surface area contributed by atoms with E-state index in [0.717, 1.165) is 23.1 Å². The summed E-state index contributed by atoms with van der Waals surface area (Å²) in [6.07, 6.45) is -0.346. The number of halogens is 1. The SMILES string of the molecule is O=C(NCCSCc1cccc(Cl)c1)[C@@H]1CNCCO1. The van der Waals surface area contributed by atoms with Crippen LogP contribution in [0.1, 0.15) is 5.56 Å². The Morgan fingerprint density at radius 1 is 1.55 bits per heavy atom. The minimum Gasteiger partial charge on any atom is -0.366 e. The van der Waals surface area contributed by atoms with Gasteiger partial charge in [-0.1, -0.05) is 23.7 Å². The van der Waals surface area contributed by atoms with Crippen molar-refractivity contribution in [1.29, 1.82) is 0 Å². The Bertz CT molecular complexity index is 439. The van der Waals surface area contributed by atoms with E-state index in [1.165, 1.54) is 5.56 Å². The van der Waals surface area contributed by atoms with Crippen molar-refractivity contribution in [1.82, 2.24) is 10.6 Å². The van der Waals surface area contributed by atoms with E-state index >= 15 is 0 Å². The number of thioether (sulfide) groups is 1. The summed E-state index contributed by atoms with van der Waals surface area (Å²) >= 11 is 7.70. The van der Waals surface area contributed by atoms with E-state index in [1.807, 2.05) is 18.2 Å². The molecule has 1 heterocycles. The Labute approximate surface area is 128 Å². The number of carbonyl (C=O) groups is 1. The molecule has 0 aliphatic carbocycles. The molecule has 20 heavy (non-hydrogen) atoms. The van der Waals surface area contributed by atoms with Crippen LogP contribution in [0.25, 0.3) is 0 Å². The van der Waals surface area contributed by atoms with Gasteiger partial charge in [-0.3, -0.25) is 4.79 Å². The summed E-state index contributed by atoms with van der Waals surface area (Å²) in [6.45, 7) is 2.67. The van der Waals surface area contributed by atoms with Crippen molar-refractivity contribution in [3.8, 4) is 0 Å². The number of hydrogen-bond acceptors (Lipinski definition) is 4. The van der Waals surface area contributed by atoms with Gasteiger partial charge in [0.05, 0.1) is 6.61 Å². The Morgan fingerprint density at radius 2 is 2.45 bits per heavy atom. The predicted molar refractivity (Wildman–Crippen MR) is 83.2 cm³/mol. The highest BCUT2D eigenvalue weighted by molar-refractivity contribution is 7.98. The normalized spacial score (nSPS) is 18.8. The molecule has 0 aromatic heterocycles. The van der Waals surface area contributed by atoms with Crippen LogP contribution >= 0.6 is 23.4 Å². The van der Waals surface area contributed by atoms with Crippen LogP contribution in [0.3, 0.4) is 0 Å². The van der Waals surface area contributed by atoms with Gasteiger partial charge < -0.3 is 15.4 Å². The van der Waals surface area contributed by atoms with Crippen molar-refractivity contribution in [2.75, 3.05) is 32.0 Å². The second-order valence-corrected chi connectivity index (χ2v) is 6.08. The maximum Gasteiger partial charge on any atom is 0.250 e.